The number of ketones is 1. The largest absolute Gasteiger partial charge is 0.507 e. The van der Waals surface area contributed by atoms with E-state index in [-0.39, 0.29) is 17.2 Å². The second-order valence-corrected chi connectivity index (χ2v) is 9.45. The van der Waals surface area contributed by atoms with Crippen LogP contribution in [-0.4, -0.2) is 36.8 Å². The van der Waals surface area contributed by atoms with E-state index in [1.54, 1.807) is 30.3 Å². The normalized spacial score (nSPS) is 16.6. The standard InChI is InChI=1S/C31H27N3O4/c1-19(35)32-24-12-16-26(17-13-24)34-28(21-10-14-25(15-11-21)33(2)3)27(30(37)31(34)38)29(36)23-9-8-20-6-4-5-7-22(20)18-23/h4-18,28,36H,1-3H3,(H,32,35)/b29-27-. The molecule has 1 aliphatic heterocycles. The fourth-order valence-electron chi connectivity index (χ4n) is 4.77. The van der Waals surface area contributed by atoms with Crippen molar-refractivity contribution in [1.29, 1.82) is 0 Å². The number of carbonyl (C=O) groups is 3. The van der Waals surface area contributed by atoms with Gasteiger partial charge in [0.15, 0.2) is 0 Å². The van der Waals surface area contributed by atoms with E-state index in [1.807, 2.05) is 79.7 Å². The molecule has 1 unspecified atom stereocenters. The summed E-state index contributed by atoms with van der Waals surface area (Å²) in [6.45, 7) is 1.41. The lowest BCUT2D eigenvalue weighted by Gasteiger charge is -2.26. The summed E-state index contributed by atoms with van der Waals surface area (Å²) in [5.41, 5.74) is 3.16. The molecule has 0 radical (unpaired) electrons. The van der Waals surface area contributed by atoms with Crippen LogP contribution in [0.2, 0.25) is 0 Å². The summed E-state index contributed by atoms with van der Waals surface area (Å²) in [4.78, 5) is 41.7. The summed E-state index contributed by atoms with van der Waals surface area (Å²) in [6.07, 6.45) is 0. The van der Waals surface area contributed by atoms with Gasteiger partial charge in [0.1, 0.15) is 5.76 Å². The third-order valence-electron chi connectivity index (χ3n) is 6.66. The molecule has 190 valence electrons. The van der Waals surface area contributed by atoms with E-state index in [0.717, 1.165) is 16.5 Å². The van der Waals surface area contributed by atoms with E-state index in [2.05, 4.69) is 5.32 Å². The zero-order valence-corrected chi connectivity index (χ0v) is 21.3. The Labute approximate surface area is 220 Å². The molecule has 4 aromatic carbocycles. The smallest absolute Gasteiger partial charge is 0.300 e. The van der Waals surface area contributed by atoms with E-state index in [9.17, 15) is 19.5 Å². The predicted molar refractivity (Wildman–Crippen MR) is 150 cm³/mol. The van der Waals surface area contributed by atoms with Crippen molar-refractivity contribution in [2.24, 2.45) is 0 Å². The number of hydrogen-bond donors (Lipinski definition) is 2. The number of carbonyl (C=O) groups excluding carboxylic acids is 3. The Morgan fingerprint density at radius 1 is 0.868 bits per heavy atom. The van der Waals surface area contributed by atoms with Gasteiger partial charge in [-0.05, 0) is 58.8 Å². The van der Waals surface area contributed by atoms with Crippen molar-refractivity contribution < 1.29 is 19.5 Å². The van der Waals surface area contributed by atoms with Crippen LogP contribution in [0.3, 0.4) is 0 Å². The van der Waals surface area contributed by atoms with Crippen molar-refractivity contribution in [3.8, 4) is 0 Å². The highest BCUT2D eigenvalue weighted by Gasteiger charge is 2.47. The Balaban J connectivity index is 1.66. The number of aliphatic hydroxyl groups is 1. The molecule has 0 bridgehead atoms. The van der Waals surface area contributed by atoms with Crippen LogP contribution >= 0.6 is 0 Å². The number of nitrogens with one attached hydrogen (secondary N) is 1. The molecule has 7 nitrogen and oxygen atoms in total. The van der Waals surface area contributed by atoms with Gasteiger partial charge in [0.25, 0.3) is 11.7 Å². The molecule has 4 aromatic rings. The van der Waals surface area contributed by atoms with Crippen molar-refractivity contribution in [2.45, 2.75) is 13.0 Å². The van der Waals surface area contributed by atoms with E-state index >= 15 is 0 Å². The second-order valence-electron chi connectivity index (χ2n) is 9.45. The molecule has 1 fully saturated rings. The maximum Gasteiger partial charge on any atom is 0.300 e. The molecule has 5 rings (SSSR count). The van der Waals surface area contributed by atoms with Crippen LogP contribution in [0, 0.1) is 0 Å². The van der Waals surface area contributed by atoms with Gasteiger partial charge < -0.3 is 15.3 Å². The van der Waals surface area contributed by atoms with Crippen molar-refractivity contribution in [2.75, 3.05) is 29.2 Å². The lowest BCUT2D eigenvalue weighted by Crippen LogP contribution is -2.29. The monoisotopic (exact) mass is 505 g/mol. The van der Waals surface area contributed by atoms with Crippen LogP contribution in [0.25, 0.3) is 16.5 Å². The van der Waals surface area contributed by atoms with Crippen LogP contribution in [-0.2, 0) is 14.4 Å². The van der Waals surface area contributed by atoms with Crippen LogP contribution in [0.4, 0.5) is 17.1 Å². The minimum atomic E-state index is -0.843. The molecule has 2 amide bonds. The van der Waals surface area contributed by atoms with Gasteiger partial charge in [0.05, 0.1) is 11.6 Å². The number of benzene rings is 4. The first kappa shape index (κ1) is 24.8. The minimum absolute atomic E-state index is 0.0221. The number of nitrogens with zero attached hydrogens (tertiary/aromatic N) is 2. The maximum atomic E-state index is 13.5. The predicted octanol–water partition coefficient (Wildman–Crippen LogP) is 5.49. The number of amides is 2. The minimum Gasteiger partial charge on any atom is -0.507 e. The Morgan fingerprint density at radius 3 is 2.16 bits per heavy atom. The molecule has 1 aliphatic rings. The van der Waals surface area contributed by atoms with Gasteiger partial charge in [-0.2, -0.15) is 0 Å². The first-order valence-electron chi connectivity index (χ1n) is 12.2. The van der Waals surface area contributed by atoms with Crippen molar-refractivity contribution in [3.63, 3.8) is 0 Å². The Morgan fingerprint density at radius 2 is 1.53 bits per heavy atom. The number of fused-ring (bicyclic) bond motifs is 1. The molecular weight excluding hydrogens is 478 g/mol. The van der Waals surface area contributed by atoms with Gasteiger partial charge >= 0.3 is 0 Å². The van der Waals surface area contributed by atoms with Crippen molar-refractivity contribution >= 4 is 51.2 Å². The average molecular weight is 506 g/mol. The number of Topliss-reactive ketones (excluding diaryl/α,β-unsaturated/α-hetero) is 1. The Kier molecular flexibility index (Phi) is 6.43. The summed E-state index contributed by atoms with van der Waals surface area (Å²) >= 11 is 0. The molecule has 38 heavy (non-hydrogen) atoms. The molecule has 1 heterocycles. The molecule has 0 aromatic heterocycles. The highest BCUT2D eigenvalue weighted by atomic mass is 16.3. The van der Waals surface area contributed by atoms with Crippen LogP contribution < -0.4 is 15.1 Å². The maximum absolute atomic E-state index is 13.5. The Hall–Kier alpha value is -4.91. The molecule has 0 saturated carbocycles. The van der Waals surface area contributed by atoms with Gasteiger partial charge in [0, 0.05) is 43.6 Å². The van der Waals surface area contributed by atoms with Crippen molar-refractivity contribution in [1.82, 2.24) is 0 Å². The molecule has 7 heteroatoms. The zero-order valence-electron chi connectivity index (χ0n) is 21.3. The summed E-state index contributed by atoms with van der Waals surface area (Å²) in [7, 11) is 3.86. The van der Waals surface area contributed by atoms with Gasteiger partial charge in [-0.3, -0.25) is 19.3 Å². The fourth-order valence-corrected chi connectivity index (χ4v) is 4.77. The highest BCUT2D eigenvalue weighted by molar-refractivity contribution is 6.51. The molecule has 0 aliphatic carbocycles. The SMILES string of the molecule is CC(=O)Nc1ccc(N2C(=O)C(=O)/C(=C(\O)c3ccc4ccccc4c3)C2c2ccc(N(C)C)cc2)cc1. The van der Waals surface area contributed by atoms with Gasteiger partial charge in [-0.25, -0.2) is 0 Å². The summed E-state index contributed by atoms with van der Waals surface area (Å²) in [5, 5.41) is 16.1. The number of aliphatic hydroxyl groups excluding tert-OH is 1. The molecule has 1 saturated heterocycles. The zero-order chi connectivity index (χ0) is 27.0. The second kappa shape index (κ2) is 9.86. The van der Waals surface area contributed by atoms with Gasteiger partial charge in [0.2, 0.25) is 5.91 Å². The van der Waals surface area contributed by atoms with Gasteiger partial charge in [-0.1, -0.05) is 48.5 Å². The fraction of sp³-hybridized carbons (Fsp3) is 0.129. The van der Waals surface area contributed by atoms with E-state index < -0.39 is 17.7 Å². The average Bonchev–Trinajstić information content (AvgIpc) is 3.18. The summed E-state index contributed by atoms with van der Waals surface area (Å²) in [5.74, 6) is -1.94. The number of rotatable bonds is 5. The van der Waals surface area contributed by atoms with Crippen LogP contribution in [0.15, 0.2) is 96.6 Å². The molecule has 1 atom stereocenters. The number of hydrogen-bond acceptors (Lipinski definition) is 5. The lowest BCUT2D eigenvalue weighted by atomic mass is 9.94. The first-order chi connectivity index (χ1) is 18.2. The van der Waals surface area contributed by atoms with Crippen LogP contribution in [0.1, 0.15) is 24.1 Å². The van der Waals surface area contributed by atoms with E-state index in [4.69, 9.17) is 0 Å². The topological polar surface area (TPSA) is 90.0 Å². The van der Waals surface area contributed by atoms with Crippen LogP contribution in [0.5, 0.6) is 0 Å². The summed E-state index contributed by atoms with van der Waals surface area (Å²) in [6, 6.07) is 26.6. The molecule has 2 N–H and O–H groups in total. The third-order valence-corrected chi connectivity index (χ3v) is 6.66. The van der Waals surface area contributed by atoms with Crippen molar-refractivity contribution in [3.05, 3.63) is 108 Å². The quantitative estimate of drug-likeness (QED) is 0.213. The van der Waals surface area contributed by atoms with Gasteiger partial charge in [-0.15, -0.1) is 0 Å². The first-order valence-corrected chi connectivity index (χ1v) is 12.2. The molecular formula is C31H27N3O4. The third kappa shape index (κ3) is 4.50. The molecule has 0 spiro atoms. The Bertz CT molecular complexity index is 1590. The number of anilines is 3. The lowest BCUT2D eigenvalue weighted by molar-refractivity contribution is -0.132. The summed E-state index contributed by atoms with van der Waals surface area (Å²) < 4.78 is 0. The van der Waals surface area contributed by atoms with E-state index in [1.165, 1.54) is 11.8 Å². The highest BCUT2D eigenvalue weighted by Crippen LogP contribution is 2.43. The van der Waals surface area contributed by atoms with E-state index in [0.29, 0.717) is 22.5 Å².